The average Bonchev–Trinajstić information content (AvgIpc) is 3.32. The number of methoxy groups -OCH3 is 4. The lowest BCUT2D eigenvalue weighted by molar-refractivity contribution is -0.146. The van der Waals surface area contributed by atoms with Gasteiger partial charge in [0.05, 0.1) is 39.9 Å². The molecule has 4 unspecified atom stereocenters. The van der Waals surface area contributed by atoms with E-state index in [1.807, 2.05) is 0 Å². The summed E-state index contributed by atoms with van der Waals surface area (Å²) in [4.78, 5) is 13.2. The summed E-state index contributed by atoms with van der Waals surface area (Å²) in [6.07, 6.45) is -0.151. The highest BCUT2D eigenvalue weighted by molar-refractivity contribution is 5.77. The fourth-order valence-electron chi connectivity index (χ4n) is 6.02. The zero-order valence-corrected chi connectivity index (χ0v) is 20.8. The molecule has 0 saturated heterocycles. The molecule has 3 aromatic carbocycles. The van der Waals surface area contributed by atoms with Gasteiger partial charge in [-0.3, -0.25) is 4.79 Å². The van der Waals surface area contributed by atoms with Crippen LogP contribution in [0.5, 0.6) is 28.7 Å². The second kappa shape index (κ2) is 8.85. The topological polar surface area (TPSA) is 104 Å². The first-order valence-corrected chi connectivity index (χ1v) is 11.6. The van der Waals surface area contributed by atoms with E-state index in [0.29, 0.717) is 16.9 Å². The number of aromatic hydroxyl groups is 1. The van der Waals surface area contributed by atoms with E-state index in [-0.39, 0.29) is 35.0 Å². The molecule has 1 aliphatic heterocycles. The van der Waals surface area contributed by atoms with Gasteiger partial charge in [-0.1, -0.05) is 24.3 Å². The lowest BCUT2D eigenvalue weighted by atomic mass is 9.70. The Morgan fingerprint density at radius 2 is 1.76 bits per heavy atom. The summed E-state index contributed by atoms with van der Waals surface area (Å²) in [7, 11) is 5.52. The molecule has 2 N–H and O–H groups in total. The van der Waals surface area contributed by atoms with Gasteiger partial charge < -0.3 is 33.9 Å². The lowest BCUT2D eigenvalue weighted by Crippen LogP contribution is -2.48. The van der Waals surface area contributed by atoms with Gasteiger partial charge in [-0.15, -0.1) is 0 Å². The molecule has 0 amide bonds. The fraction of sp³-hybridized carbons (Fsp3) is 0.321. The molecule has 0 aromatic heterocycles. The van der Waals surface area contributed by atoms with Crippen LogP contribution in [0.3, 0.4) is 0 Å². The van der Waals surface area contributed by atoms with Crippen molar-refractivity contribution in [2.75, 3.05) is 28.4 Å². The number of hydrogen-bond donors (Lipinski definition) is 2. The Labute approximate surface area is 213 Å². The van der Waals surface area contributed by atoms with Crippen LogP contribution in [0.4, 0.5) is 4.39 Å². The van der Waals surface area contributed by atoms with Crippen LogP contribution < -0.4 is 18.9 Å². The van der Waals surface area contributed by atoms with Crippen molar-refractivity contribution in [2.45, 2.75) is 23.5 Å². The summed E-state index contributed by atoms with van der Waals surface area (Å²) in [5.74, 6) is -2.43. The highest BCUT2D eigenvalue weighted by Gasteiger charge is 2.74. The minimum atomic E-state index is -1.90. The molecule has 9 heteroatoms. The maximum Gasteiger partial charge on any atom is 0.309 e. The number of esters is 1. The van der Waals surface area contributed by atoms with E-state index in [9.17, 15) is 19.4 Å². The summed E-state index contributed by atoms with van der Waals surface area (Å²) >= 11 is 0. The molecule has 1 saturated carbocycles. The van der Waals surface area contributed by atoms with E-state index in [0.717, 1.165) is 0 Å². The maximum absolute atomic E-state index is 14.5. The van der Waals surface area contributed by atoms with Crippen molar-refractivity contribution in [1.29, 1.82) is 0 Å². The number of ether oxygens (including phenoxy) is 5. The van der Waals surface area contributed by atoms with Crippen molar-refractivity contribution < 1.29 is 43.1 Å². The summed E-state index contributed by atoms with van der Waals surface area (Å²) in [6, 6.07) is 14.2. The van der Waals surface area contributed by atoms with Gasteiger partial charge >= 0.3 is 5.97 Å². The normalized spacial score (nSPS) is 25.6. The average molecular weight is 511 g/mol. The molecule has 1 aliphatic carbocycles. The summed E-state index contributed by atoms with van der Waals surface area (Å²) in [6.45, 7) is 0. The smallest absolute Gasteiger partial charge is 0.309 e. The molecule has 1 fully saturated rings. The Bertz CT molecular complexity index is 1360. The van der Waals surface area contributed by atoms with Crippen molar-refractivity contribution in [3.05, 3.63) is 77.1 Å². The standard InChI is InChI=1S/C28H27FO8/c1-33-18-10-8-16(9-11-18)28-22(15-6-5-7-17(29)12-15)19(26(31)36-4)14-27(28,32)23-20(37-28)13-21(34-2)24(30)25(23)35-3/h5-13,19,22,30,32H,14H2,1-4H3. The highest BCUT2D eigenvalue weighted by atomic mass is 19.1. The van der Waals surface area contributed by atoms with Gasteiger partial charge in [-0.25, -0.2) is 4.39 Å². The van der Waals surface area contributed by atoms with Crippen LogP contribution in [0.1, 0.15) is 29.0 Å². The van der Waals surface area contributed by atoms with Crippen molar-refractivity contribution in [2.24, 2.45) is 5.92 Å². The Morgan fingerprint density at radius 1 is 1.03 bits per heavy atom. The zero-order chi connectivity index (χ0) is 26.5. The van der Waals surface area contributed by atoms with Crippen LogP contribution in [0.2, 0.25) is 0 Å². The molecule has 8 nitrogen and oxygen atoms in total. The summed E-state index contributed by atoms with van der Waals surface area (Å²) in [5, 5.41) is 23.5. The molecule has 194 valence electrons. The van der Waals surface area contributed by atoms with Gasteiger partial charge in [-0.2, -0.15) is 0 Å². The third kappa shape index (κ3) is 3.33. The molecule has 1 heterocycles. The number of fused-ring (bicyclic) bond motifs is 3. The van der Waals surface area contributed by atoms with Crippen molar-refractivity contribution in [3.63, 3.8) is 0 Å². The number of aliphatic hydroxyl groups is 1. The van der Waals surface area contributed by atoms with Crippen LogP contribution >= 0.6 is 0 Å². The van der Waals surface area contributed by atoms with Crippen molar-refractivity contribution in [1.82, 2.24) is 0 Å². The Kier molecular flexibility index (Phi) is 5.91. The highest BCUT2D eigenvalue weighted by Crippen LogP contribution is 2.71. The summed E-state index contributed by atoms with van der Waals surface area (Å²) in [5.41, 5.74) is -2.43. The first kappa shape index (κ1) is 24.7. The molecular formula is C28H27FO8. The quantitative estimate of drug-likeness (QED) is 0.480. The largest absolute Gasteiger partial charge is 0.502 e. The molecule has 0 spiro atoms. The molecule has 0 radical (unpaired) electrons. The minimum Gasteiger partial charge on any atom is -0.502 e. The van der Waals surface area contributed by atoms with Gasteiger partial charge in [0.2, 0.25) is 5.75 Å². The molecule has 3 aromatic rings. The van der Waals surface area contributed by atoms with E-state index < -0.39 is 34.8 Å². The van der Waals surface area contributed by atoms with Gasteiger partial charge in [0.1, 0.15) is 22.9 Å². The summed E-state index contributed by atoms with van der Waals surface area (Å²) < 4.78 is 42.5. The van der Waals surface area contributed by atoms with Gasteiger partial charge in [-0.05, 0) is 41.8 Å². The van der Waals surface area contributed by atoms with Crippen LogP contribution in [0.25, 0.3) is 0 Å². The maximum atomic E-state index is 14.5. The van der Waals surface area contributed by atoms with Crippen LogP contribution in [0, 0.1) is 11.7 Å². The third-order valence-corrected chi connectivity index (χ3v) is 7.49. The fourth-order valence-corrected chi connectivity index (χ4v) is 6.02. The van der Waals surface area contributed by atoms with Crippen LogP contribution in [0.15, 0.2) is 54.6 Å². The number of rotatable bonds is 6. The Balaban J connectivity index is 1.87. The number of phenolic OH excluding ortho intramolecular Hbond substituents is 1. The molecule has 2 aliphatic rings. The van der Waals surface area contributed by atoms with Gasteiger partial charge in [0, 0.05) is 12.0 Å². The zero-order valence-electron chi connectivity index (χ0n) is 20.8. The van der Waals surface area contributed by atoms with E-state index in [4.69, 9.17) is 23.7 Å². The molecule has 5 rings (SSSR count). The molecule has 0 bridgehead atoms. The third-order valence-electron chi connectivity index (χ3n) is 7.49. The SMILES string of the molecule is COC(=O)C1CC2(O)c3c(cc(OC)c(O)c3OC)OC2(c2ccc(OC)cc2)C1c1cccc(F)c1. The van der Waals surface area contributed by atoms with E-state index in [1.165, 1.54) is 52.7 Å². The van der Waals surface area contributed by atoms with E-state index in [2.05, 4.69) is 0 Å². The van der Waals surface area contributed by atoms with Crippen molar-refractivity contribution in [3.8, 4) is 28.7 Å². The number of carbonyl (C=O) groups is 1. The number of phenols is 1. The first-order valence-electron chi connectivity index (χ1n) is 11.6. The number of benzene rings is 3. The molecular weight excluding hydrogens is 483 g/mol. The van der Waals surface area contributed by atoms with Crippen LogP contribution in [-0.2, 0) is 20.7 Å². The first-order chi connectivity index (χ1) is 17.7. The lowest BCUT2D eigenvalue weighted by Gasteiger charge is -2.40. The second-order valence-electron chi connectivity index (χ2n) is 9.13. The predicted octanol–water partition coefficient (Wildman–Crippen LogP) is 4.01. The second-order valence-corrected chi connectivity index (χ2v) is 9.13. The van der Waals surface area contributed by atoms with E-state index >= 15 is 0 Å². The number of hydrogen-bond acceptors (Lipinski definition) is 8. The Hall–Kier alpha value is -3.98. The number of carbonyl (C=O) groups excluding carboxylic acids is 1. The molecule has 37 heavy (non-hydrogen) atoms. The van der Waals surface area contributed by atoms with Crippen molar-refractivity contribution >= 4 is 5.97 Å². The van der Waals surface area contributed by atoms with Gasteiger partial charge in [0.15, 0.2) is 17.1 Å². The predicted molar refractivity (Wildman–Crippen MR) is 130 cm³/mol. The molecule has 4 atom stereocenters. The van der Waals surface area contributed by atoms with E-state index in [1.54, 1.807) is 30.3 Å². The minimum absolute atomic E-state index is 0.0456. The number of halogens is 1. The van der Waals surface area contributed by atoms with Gasteiger partial charge in [0.25, 0.3) is 0 Å². The Morgan fingerprint density at radius 3 is 2.35 bits per heavy atom. The monoisotopic (exact) mass is 510 g/mol. The van der Waals surface area contributed by atoms with Crippen LogP contribution in [-0.4, -0.2) is 44.6 Å².